The molecule has 1 saturated carbocycles. The lowest BCUT2D eigenvalue weighted by Crippen LogP contribution is -2.25. The van der Waals surface area contributed by atoms with Gasteiger partial charge in [0.1, 0.15) is 5.82 Å². The first-order valence-electron chi connectivity index (χ1n) is 7.53. The van der Waals surface area contributed by atoms with E-state index in [0.29, 0.717) is 6.04 Å². The van der Waals surface area contributed by atoms with E-state index in [9.17, 15) is 0 Å². The van der Waals surface area contributed by atoms with Crippen molar-refractivity contribution in [2.24, 2.45) is 11.8 Å². The maximum Gasteiger partial charge on any atom is 0.126 e. The molecule has 3 rings (SSSR count). The van der Waals surface area contributed by atoms with Crippen molar-refractivity contribution in [3.8, 4) is 0 Å². The molecule has 3 unspecified atom stereocenters. The van der Waals surface area contributed by atoms with Gasteiger partial charge in [-0.25, -0.2) is 4.98 Å². The van der Waals surface area contributed by atoms with E-state index >= 15 is 0 Å². The number of hydrogen-bond donors (Lipinski definition) is 1. The van der Waals surface area contributed by atoms with Gasteiger partial charge in [0.2, 0.25) is 0 Å². The zero-order chi connectivity index (χ0) is 12.5. The highest BCUT2D eigenvalue weighted by atomic mass is 15.0. The molecule has 2 aliphatic carbocycles. The van der Waals surface area contributed by atoms with Crippen LogP contribution in [0.15, 0.2) is 12.1 Å². The second-order valence-corrected chi connectivity index (χ2v) is 6.01. The number of aryl methyl sites for hydroxylation is 2. The summed E-state index contributed by atoms with van der Waals surface area (Å²) in [4.78, 5) is 4.79. The van der Waals surface area contributed by atoms with E-state index in [2.05, 4.69) is 31.3 Å². The van der Waals surface area contributed by atoms with Crippen LogP contribution in [0.4, 0.5) is 5.82 Å². The zero-order valence-electron chi connectivity index (χ0n) is 11.6. The summed E-state index contributed by atoms with van der Waals surface area (Å²) in [5.74, 6) is 2.78. The molecule has 98 valence electrons. The summed E-state index contributed by atoms with van der Waals surface area (Å²) in [5.41, 5.74) is 2.80. The number of nitrogens with zero attached hydrogens (tertiary/aromatic N) is 1. The third-order valence-electron chi connectivity index (χ3n) is 5.01. The lowest BCUT2D eigenvalue weighted by molar-refractivity contribution is 0.391. The van der Waals surface area contributed by atoms with Crippen LogP contribution in [0.5, 0.6) is 0 Å². The fourth-order valence-corrected chi connectivity index (χ4v) is 3.72. The van der Waals surface area contributed by atoms with Gasteiger partial charge in [-0.1, -0.05) is 26.3 Å². The highest BCUT2D eigenvalue weighted by molar-refractivity contribution is 5.41. The summed E-state index contributed by atoms with van der Waals surface area (Å²) in [7, 11) is 0. The second-order valence-electron chi connectivity index (χ2n) is 6.01. The quantitative estimate of drug-likeness (QED) is 0.874. The number of fused-ring (bicyclic) bond motifs is 1. The molecule has 2 nitrogen and oxygen atoms in total. The van der Waals surface area contributed by atoms with Crippen molar-refractivity contribution in [2.45, 2.75) is 58.4 Å². The molecule has 1 fully saturated rings. The Bertz CT molecular complexity index is 427. The minimum atomic E-state index is 0.627. The van der Waals surface area contributed by atoms with E-state index in [0.717, 1.165) is 17.7 Å². The van der Waals surface area contributed by atoms with E-state index < -0.39 is 0 Å². The lowest BCUT2D eigenvalue weighted by Gasteiger charge is -2.21. The first-order chi connectivity index (χ1) is 8.78. The predicted octanol–water partition coefficient (Wildman–Crippen LogP) is 3.81. The second kappa shape index (κ2) is 4.91. The van der Waals surface area contributed by atoms with Crippen LogP contribution < -0.4 is 5.32 Å². The molecule has 0 amide bonds. The topological polar surface area (TPSA) is 24.9 Å². The van der Waals surface area contributed by atoms with Crippen LogP contribution in [0.3, 0.4) is 0 Å². The van der Waals surface area contributed by atoms with Gasteiger partial charge in [-0.2, -0.15) is 0 Å². The highest BCUT2D eigenvalue weighted by Gasteiger charge is 2.31. The largest absolute Gasteiger partial charge is 0.367 e. The van der Waals surface area contributed by atoms with Crippen molar-refractivity contribution in [1.29, 1.82) is 0 Å². The molecule has 0 spiro atoms. The molecule has 0 bridgehead atoms. The fourth-order valence-electron chi connectivity index (χ4n) is 3.72. The Balaban J connectivity index is 1.70. The smallest absolute Gasteiger partial charge is 0.126 e. The Morgan fingerprint density at radius 2 is 2.17 bits per heavy atom. The summed E-state index contributed by atoms with van der Waals surface area (Å²) >= 11 is 0. The Labute approximate surface area is 110 Å². The van der Waals surface area contributed by atoms with Crippen LogP contribution >= 0.6 is 0 Å². The number of hydrogen-bond acceptors (Lipinski definition) is 2. The molecule has 0 aromatic carbocycles. The van der Waals surface area contributed by atoms with Gasteiger partial charge in [0, 0.05) is 11.7 Å². The molecular formula is C16H24N2. The number of pyridine rings is 1. The highest BCUT2D eigenvalue weighted by Crippen LogP contribution is 2.35. The minimum Gasteiger partial charge on any atom is -0.367 e. The molecule has 1 aromatic rings. The van der Waals surface area contributed by atoms with Crippen LogP contribution in [0.2, 0.25) is 0 Å². The molecule has 1 aromatic heterocycles. The van der Waals surface area contributed by atoms with Gasteiger partial charge < -0.3 is 5.32 Å². The summed E-state index contributed by atoms with van der Waals surface area (Å²) in [6, 6.07) is 5.08. The van der Waals surface area contributed by atoms with Crippen molar-refractivity contribution in [3.05, 3.63) is 23.4 Å². The van der Waals surface area contributed by atoms with E-state index in [4.69, 9.17) is 4.98 Å². The molecular weight excluding hydrogens is 220 g/mol. The third kappa shape index (κ3) is 2.13. The SMILES string of the molecule is CCC1CCC(Nc2ccc3c(n2)CCC3)C1C. The van der Waals surface area contributed by atoms with Gasteiger partial charge in [0.25, 0.3) is 0 Å². The molecule has 2 aliphatic rings. The first-order valence-corrected chi connectivity index (χ1v) is 7.53. The fraction of sp³-hybridized carbons (Fsp3) is 0.688. The van der Waals surface area contributed by atoms with Crippen molar-refractivity contribution in [3.63, 3.8) is 0 Å². The standard InChI is InChI=1S/C16H24N2/c1-3-12-7-9-14(11(12)2)17-16-10-8-13-5-4-6-15(13)18-16/h8,10-12,14H,3-7,9H2,1-2H3,(H,17,18). The Kier molecular flexibility index (Phi) is 3.27. The Morgan fingerprint density at radius 1 is 1.28 bits per heavy atom. The number of nitrogens with one attached hydrogen (secondary N) is 1. The first kappa shape index (κ1) is 12.0. The van der Waals surface area contributed by atoms with Gasteiger partial charge >= 0.3 is 0 Å². The van der Waals surface area contributed by atoms with Crippen LogP contribution in [-0.4, -0.2) is 11.0 Å². The molecule has 18 heavy (non-hydrogen) atoms. The predicted molar refractivity (Wildman–Crippen MR) is 75.9 cm³/mol. The average molecular weight is 244 g/mol. The molecule has 0 radical (unpaired) electrons. The van der Waals surface area contributed by atoms with Crippen LogP contribution in [0, 0.1) is 11.8 Å². The van der Waals surface area contributed by atoms with Gasteiger partial charge in [0.15, 0.2) is 0 Å². The summed E-state index contributed by atoms with van der Waals surface area (Å²) in [6.45, 7) is 4.71. The van der Waals surface area contributed by atoms with Crippen molar-refractivity contribution in [1.82, 2.24) is 4.98 Å². The van der Waals surface area contributed by atoms with Gasteiger partial charge in [-0.05, 0) is 55.6 Å². The molecule has 2 heteroatoms. The summed E-state index contributed by atoms with van der Waals surface area (Å²) in [5, 5.41) is 3.67. The normalized spacial score (nSPS) is 30.4. The molecule has 1 heterocycles. The summed E-state index contributed by atoms with van der Waals surface area (Å²) in [6.07, 6.45) is 7.67. The third-order valence-corrected chi connectivity index (χ3v) is 5.01. The van der Waals surface area contributed by atoms with Crippen molar-refractivity contribution >= 4 is 5.82 Å². The Morgan fingerprint density at radius 3 is 2.94 bits per heavy atom. The Hall–Kier alpha value is -1.05. The summed E-state index contributed by atoms with van der Waals surface area (Å²) < 4.78 is 0. The molecule has 0 saturated heterocycles. The van der Waals surface area contributed by atoms with Crippen molar-refractivity contribution in [2.75, 3.05) is 5.32 Å². The van der Waals surface area contributed by atoms with Crippen LogP contribution in [0.25, 0.3) is 0 Å². The monoisotopic (exact) mass is 244 g/mol. The molecule has 3 atom stereocenters. The minimum absolute atomic E-state index is 0.627. The number of anilines is 1. The molecule has 0 aliphatic heterocycles. The van der Waals surface area contributed by atoms with E-state index in [1.54, 1.807) is 0 Å². The number of aromatic nitrogens is 1. The zero-order valence-corrected chi connectivity index (χ0v) is 11.6. The maximum absolute atomic E-state index is 4.79. The van der Waals surface area contributed by atoms with Crippen molar-refractivity contribution < 1.29 is 0 Å². The van der Waals surface area contributed by atoms with Gasteiger partial charge in [0.05, 0.1) is 0 Å². The van der Waals surface area contributed by atoms with Gasteiger partial charge in [-0.3, -0.25) is 0 Å². The van der Waals surface area contributed by atoms with Crippen LogP contribution in [0.1, 0.15) is 50.8 Å². The van der Waals surface area contributed by atoms with Crippen LogP contribution in [-0.2, 0) is 12.8 Å². The maximum atomic E-state index is 4.79. The van der Waals surface area contributed by atoms with E-state index in [1.165, 1.54) is 49.8 Å². The van der Waals surface area contributed by atoms with E-state index in [1.807, 2.05) is 0 Å². The average Bonchev–Trinajstić information content (AvgIpc) is 2.97. The molecule has 1 N–H and O–H groups in total. The lowest BCUT2D eigenvalue weighted by atomic mass is 9.93. The van der Waals surface area contributed by atoms with E-state index in [-0.39, 0.29) is 0 Å². The van der Waals surface area contributed by atoms with Gasteiger partial charge in [-0.15, -0.1) is 0 Å². The number of rotatable bonds is 3.